The molecule has 0 N–H and O–H groups in total. The normalized spacial score (nSPS) is 12.0. The highest BCUT2D eigenvalue weighted by molar-refractivity contribution is 5.66. The van der Waals surface area contributed by atoms with Gasteiger partial charge in [0, 0.05) is 36.2 Å². The Labute approximate surface area is 231 Å². The Kier molecular flexibility index (Phi) is 8.64. The fourth-order valence-electron chi connectivity index (χ4n) is 3.80. The minimum atomic E-state index is -4.86. The number of nitrogens with zero attached hydrogens (tertiary/aromatic N) is 2. The maximum atomic E-state index is 14.8. The van der Waals surface area contributed by atoms with E-state index in [2.05, 4.69) is 19.4 Å². The van der Waals surface area contributed by atoms with Crippen molar-refractivity contribution in [1.82, 2.24) is 9.97 Å². The molecule has 4 aromatic rings. The van der Waals surface area contributed by atoms with Crippen LogP contribution in [0.4, 0.5) is 43.9 Å². The number of halogens is 10. The van der Waals surface area contributed by atoms with Gasteiger partial charge in [0.25, 0.3) is 0 Å². The highest BCUT2D eigenvalue weighted by atomic mass is 19.3. The number of unbranched alkanes of at least 4 members (excludes halogenated alkanes) is 1. The van der Waals surface area contributed by atoms with Crippen LogP contribution in [0.25, 0.3) is 11.1 Å². The third-order valence-corrected chi connectivity index (χ3v) is 5.82. The number of alkyl halides is 4. The van der Waals surface area contributed by atoms with Gasteiger partial charge in [-0.15, -0.1) is 0 Å². The molecule has 42 heavy (non-hydrogen) atoms. The summed E-state index contributed by atoms with van der Waals surface area (Å²) in [4.78, 5) is 7.17. The van der Waals surface area contributed by atoms with E-state index in [1.807, 2.05) is 6.92 Å². The first-order valence-corrected chi connectivity index (χ1v) is 12.1. The van der Waals surface area contributed by atoms with Crippen molar-refractivity contribution in [2.75, 3.05) is 0 Å². The second-order valence-corrected chi connectivity index (χ2v) is 8.91. The van der Waals surface area contributed by atoms with Crippen LogP contribution in [0.15, 0.2) is 54.9 Å². The van der Waals surface area contributed by atoms with Gasteiger partial charge in [-0.2, -0.15) is 17.6 Å². The Morgan fingerprint density at radius 1 is 0.667 bits per heavy atom. The molecule has 0 radical (unpaired) electrons. The third-order valence-electron chi connectivity index (χ3n) is 5.82. The molecule has 0 aliphatic carbocycles. The minimum absolute atomic E-state index is 0.0355. The van der Waals surface area contributed by atoms with Gasteiger partial charge in [0.05, 0.1) is 0 Å². The lowest BCUT2D eigenvalue weighted by atomic mass is 10.0. The zero-order chi connectivity index (χ0) is 30.8. The summed E-state index contributed by atoms with van der Waals surface area (Å²) in [5.41, 5.74) is -2.58. The molecule has 0 fully saturated rings. The Morgan fingerprint density at radius 2 is 1.21 bits per heavy atom. The highest BCUT2D eigenvalue weighted by Gasteiger charge is 2.42. The van der Waals surface area contributed by atoms with Crippen LogP contribution in [-0.2, 0) is 18.6 Å². The van der Waals surface area contributed by atoms with E-state index >= 15 is 0 Å². The van der Waals surface area contributed by atoms with Crippen LogP contribution in [0, 0.1) is 34.9 Å². The summed E-state index contributed by atoms with van der Waals surface area (Å²) in [5.74, 6) is -14.0. The molecule has 4 rings (SSSR count). The fourth-order valence-corrected chi connectivity index (χ4v) is 3.80. The van der Waals surface area contributed by atoms with Crippen molar-refractivity contribution in [2.45, 2.75) is 38.4 Å². The van der Waals surface area contributed by atoms with E-state index in [1.54, 1.807) is 0 Å². The lowest BCUT2D eigenvalue weighted by Crippen LogP contribution is -2.25. The van der Waals surface area contributed by atoms with Crippen molar-refractivity contribution < 1.29 is 53.4 Å². The Balaban J connectivity index is 1.56. The first-order valence-electron chi connectivity index (χ1n) is 12.1. The standard InChI is InChI=1S/C28H18F10N2O2/c1-2-3-4-14-12-39-26(40-13-14)28(37,38)41-16-5-6-18(19(29)9-16)15-7-20(30)24(21(31)8-15)27(35,36)42-17-10-22(32)25(34)23(33)11-17/h5-13H,2-4H2,1H3. The van der Waals surface area contributed by atoms with E-state index in [-0.39, 0.29) is 12.1 Å². The largest absolute Gasteiger partial charge is 0.462 e. The summed E-state index contributed by atoms with van der Waals surface area (Å²) in [6.07, 6.45) is -4.29. The summed E-state index contributed by atoms with van der Waals surface area (Å²) < 4.78 is 151. The van der Waals surface area contributed by atoms with Crippen molar-refractivity contribution in [1.29, 1.82) is 0 Å². The topological polar surface area (TPSA) is 44.2 Å². The molecule has 4 nitrogen and oxygen atoms in total. The number of benzene rings is 3. The van der Waals surface area contributed by atoms with Crippen molar-refractivity contribution in [3.05, 3.63) is 107 Å². The number of aryl methyl sites for hydroxylation is 1. The van der Waals surface area contributed by atoms with E-state index in [4.69, 9.17) is 0 Å². The predicted octanol–water partition coefficient (Wildman–Crippen LogP) is 8.58. The maximum absolute atomic E-state index is 14.8. The number of rotatable bonds is 10. The second kappa shape index (κ2) is 11.9. The Bertz CT molecular complexity index is 1550. The summed E-state index contributed by atoms with van der Waals surface area (Å²) >= 11 is 0. The molecule has 0 bridgehead atoms. The molecule has 14 heteroatoms. The van der Waals surface area contributed by atoms with Crippen LogP contribution >= 0.6 is 0 Å². The van der Waals surface area contributed by atoms with E-state index in [0.717, 1.165) is 25.0 Å². The average Bonchev–Trinajstić information content (AvgIpc) is 2.89. The third kappa shape index (κ3) is 6.58. The molecular weight excluding hydrogens is 586 g/mol. The van der Waals surface area contributed by atoms with Gasteiger partial charge in [-0.25, -0.2) is 36.3 Å². The number of aromatic nitrogens is 2. The molecule has 1 heterocycles. The van der Waals surface area contributed by atoms with E-state index in [0.29, 0.717) is 30.2 Å². The summed E-state index contributed by atoms with van der Waals surface area (Å²) in [6, 6.07) is 2.77. The first kappa shape index (κ1) is 30.6. The van der Waals surface area contributed by atoms with Crippen molar-refractivity contribution in [2.24, 2.45) is 0 Å². The molecule has 0 amide bonds. The van der Waals surface area contributed by atoms with Gasteiger partial charge in [0.15, 0.2) is 17.5 Å². The van der Waals surface area contributed by atoms with Crippen LogP contribution < -0.4 is 9.47 Å². The van der Waals surface area contributed by atoms with Gasteiger partial charge in [0.1, 0.15) is 34.5 Å². The molecule has 0 atom stereocenters. The lowest BCUT2D eigenvalue weighted by molar-refractivity contribution is -0.192. The van der Waals surface area contributed by atoms with Gasteiger partial charge < -0.3 is 9.47 Å². The number of hydrogen-bond donors (Lipinski definition) is 0. The smallest absolute Gasteiger partial charge is 0.429 e. The molecule has 0 saturated carbocycles. The van der Waals surface area contributed by atoms with Crippen LogP contribution in [0.3, 0.4) is 0 Å². The quantitative estimate of drug-likeness (QED) is 0.134. The Morgan fingerprint density at radius 3 is 1.76 bits per heavy atom. The molecule has 0 saturated heterocycles. The summed E-state index contributed by atoms with van der Waals surface area (Å²) in [7, 11) is 0. The zero-order valence-corrected chi connectivity index (χ0v) is 21.3. The van der Waals surface area contributed by atoms with Crippen molar-refractivity contribution in [3.63, 3.8) is 0 Å². The summed E-state index contributed by atoms with van der Waals surface area (Å²) in [6.45, 7) is 1.95. The second-order valence-electron chi connectivity index (χ2n) is 8.91. The SMILES string of the molecule is CCCCc1cnc(C(F)(F)Oc2ccc(-c3cc(F)c(C(F)(F)Oc4cc(F)c(F)c(F)c4)c(F)c3)c(F)c2)nc1. The average molecular weight is 604 g/mol. The van der Waals surface area contributed by atoms with Crippen molar-refractivity contribution >= 4 is 0 Å². The van der Waals surface area contributed by atoms with E-state index < -0.39 is 81.1 Å². The Hall–Kier alpha value is -4.36. The molecule has 0 aliphatic rings. The molecule has 0 aliphatic heterocycles. The van der Waals surface area contributed by atoms with Gasteiger partial charge in [-0.3, -0.25) is 0 Å². The molecular formula is C28H18F10N2O2. The highest BCUT2D eigenvalue weighted by Crippen LogP contribution is 2.39. The fraction of sp³-hybridized carbons (Fsp3) is 0.214. The van der Waals surface area contributed by atoms with Gasteiger partial charge >= 0.3 is 12.2 Å². The number of hydrogen-bond acceptors (Lipinski definition) is 4. The first-order chi connectivity index (χ1) is 19.7. The summed E-state index contributed by atoms with van der Waals surface area (Å²) in [5, 5.41) is 0. The van der Waals surface area contributed by atoms with Crippen LogP contribution in [0.1, 0.15) is 36.7 Å². The monoisotopic (exact) mass is 604 g/mol. The van der Waals surface area contributed by atoms with E-state index in [1.165, 1.54) is 12.4 Å². The molecule has 0 unspecified atom stereocenters. The van der Waals surface area contributed by atoms with Crippen LogP contribution in [0.5, 0.6) is 11.5 Å². The molecule has 1 aromatic heterocycles. The van der Waals surface area contributed by atoms with Crippen LogP contribution in [-0.4, -0.2) is 9.97 Å². The van der Waals surface area contributed by atoms with Gasteiger partial charge in [-0.05, 0) is 48.2 Å². The maximum Gasteiger partial charge on any atom is 0.462 e. The number of ether oxygens (including phenoxy) is 2. The van der Waals surface area contributed by atoms with Gasteiger partial charge in [0.2, 0.25) is 5.82 Å². The van der Waals surface area contributed by atoms with Gasteiger partial charge in [-0.1, -0.05) is 13.3 Å². The van der Waals surface area contributed by atoms with E-state index in [9.17, 15) is 43.9 Å². The lowest BCUT2D eigenvalue weighted by Gasteiger charge is -2.20. The molecule has 0 spiro atoms. The molecule has 3 aromatic carbocycles. The zero-order valence-electron chi connectivity index (χ0n) is 21.3. The van der Waals surface area contributed by atoms with Crippen molar-refractivity contribution in [3.8, 4) is 22.6 Å². The predicted molar refractivity (Wildman–Crippen MR) is 128 cm³/mol. The van der Waals surface area contributed by atoms with Crippen LogP contribution in [0.2, 0.25) is 0 Å². The minimum Gasteiger partial charge on any atom is -0.429 e. The molecule has 222 valence electrons.